The number of nitro benzene ring substituents is 1. The molecule has 0 aliphatic carbocycles. The van der Waals surface area contributed by atoms with Gasteiger partial charge in [0, 0.05) is 23.4 Å². The number of amides is 2. The van der Waals surface area contributed by atoms with E-state index in [4.69, 9.17) is 23.8 Å². The number of carbonyl (C=O) groups excluding carboxylic acids is 1. The summed E-state index contributed by atoms with van der Waals surface area (Å²) >= 11 is 12.6. The van der Waals surface area contributed by atoms with E-state index in [1.165, 1.54) is 65.4 Å². The number of hydrazone groups is 1. The van der Waals surface area contributed by atoms with Gasteiger partial charge in [-0.3, -0.25) is 15.3 Å². The summed E-state index contributed by atoms with van der Waals surface area (Å²) in [4.78, 5) is 22.9. The molecule has 1 aliphatic heterocycles. The van der Waals surface area contributed by atoms with Crippen molar-refractivity contribution < 1.29 is 19.3 Å². The Labute approximate surface area is 196 Å². The average molecular weight is 498 g/mol. The number of halogens is 2. The lowest BCUT2D eigenvalue weighted by atomic mass is 10.1. The first-order valence-corrected chi connectivity index (χ1v) is 10.7. The zero-order chi connectivity index (χ0) is 23.6. The highest BCUT2D eigenvalue weighted by molar-refractivity contribution is 8.24. The van der Waals surface area contributed by atoms with E-state index in [2.05, 4.69) is 10.4 Å². The zero-order valence-electron chi connectivity index (χ0n) is 16.7. The lowest BCUT2D eigenvalue weighted by molar-refractivity contribution is -0.384. The lowest BCUT2D eigenvalue weighted by Crippen LogP contribution is -2.54. The SMILES string of the molecule is CC1(C)SC(=S)N(/N=C/c2c(F)cccc2Cl)C1N(O)C(=O)Nc1ccc([N+](=O)[O-])cc1. The van der Waals surface area contributed by atoms with Gasteiger partial charge in [0.1, 0.15) is 5.82 Å². The molecule has 2 aromatic carbocycles. The molecular weight excluding hydrogens is 481 g/mol. The van der Waals surface area contributed by atoms with Crippen molar-refractivity contribution in [2.24, 2.45) is 5.10 Å². The normalized spacial score (nSPS) is 17.6. The topological polar surface area (TPSA) is 111 Å². The third-order valence-electron chi connectivity index (χ3n) is 4.47. The molecule has 0 spiro atoms. The van der Waals surface area contributed by atoms with Crippen LogP contribution in [-0.2, 0) is 0 Å². The van der Waals surface area contributed by atoms with E-state index in [0.717, 1.165) is 0 Å². The fourth-order valence-corrected chi connectivity index (χ4v) is 4.94. The molecule has 1 unspecified atom stereocenters. The van der Waals surface area contributed by atoms with E-state index in [-0.39, 0.29) is 26.3 Å². The van der Waals surface area contributed by atoms with Crippen LogP contribution in [-0.4, -0.2) is 47.7 Å². The van der Waals surface area contributed by atoms with Crippen molar-refractivity contribution in [2.45, 2.75) is 24.8 Å². The quantitative estimate of drug-likeness (QED) is 0.195. The fourth-order valence-electron chi connectivity index (χ4n) is 2.94. The summed E-state index contributed by atoms with van der Waals surface area (Å²) < 4.78 is 13.6. The molecule has 168 valence electrons. The molecule has 1 heterocycles. The number of nitrogens with one attached hydrogen (secondary N) is 1. The van der Waals surface area contributed by atoms with Gasteiger partial charge in [0.2, 0.25) is 0 Å². The molecule has 32 heavy (non-hydrogen) atoms. The van der Waals surface area contributed by atoms with E-state index in [9.17, 15) is 24.5 Å². The molecule has 2 amide bonds. The predicted molar refractivity (Wildman–Crippen MR) is 125 cm³/mol. The van der Waals surface area contributed by atoms with Gasteiger partial charge in [-0.2, -0.15) is 10.2 Å². The molecule has 9 nitrogen and oxygen atoms in total. The number of thiocarbonyl (C=S) groups is 1. The molecule has 1 fully saturated rings. The molecule has 0 saturated carbocycles. The highest BCUT2D eigenvalue weighted by Crippen LogP contribution is 2.42. The second kappa shape index (κ2) is 9.36. The molecule has 1 aliphatic rings. The van der Waals surface area contributed by atoms with Crippen LogP contribution in [0, 0.1) is 15.9 Å². The van der Waals surface area contributed by atoms with Gasteiger partial charge in [0.05, 0.1) is 20.9 Å². The summed E-state index contributed by atoms with van der Waals surface area (Å²) in [6.07, 6.45) is 0.126. The molecule has 1 atom stereocenters. The maximum Gasteiger partial charge on any atom is 0.347 e. The summed E-state index contributed by atoms with van der Waals surface area (Å²) in [6, 6.07) is 8.37. The van der Waals surface area contributed by atoms with E-state index in [1.54, 1.807) is 13.8 Å². The van der Waals surface area contributed by atoms with Gasteiger partial charge < -0.3 is 5.32 Å². The molecule has 1 saturated heterocycles. The maximum atomic E-state index is 14.1. The summed E-state index contributed by atoms with van der Waals surface area (Å²) in [5.41, 5.74) is 0.124. The standard InChI is InChI=1S/C19H17ClFN5O4S2/c1-19(2)16(25(28)17(27)23-11-6-8-12(9-7-11)26(29)30)24(18(31)32-19)22-10-13-14(20)4-3-5-15(13)21/h3-10,16,28H,1-2H3,(H,23,27)/b22-10+. The van der Waals surface area contributed by atoms with Crippen LogP contribution >= 0.6 is 35.6 Å². The van der Waals surface area contributed by atoms with Gasteiger partial charge in [-0.25, -0.2) is 14.2 Å². The molecule has 0 bridgehead atoms. The Morgan fingerprint density at radius 3 is 2.66 bits per heavy atom. The van der Waals surface area contributed by atoms with Crippen molar-refractivity contribution >= 4 is 63.5 Å². The Morgan fingerprint density at radius 2 is 2.06 bits per heavy atom. The van der Waals surface area contributed by atoms with Crippen molar-refractivity contribution in [3.63, 3.8) is 0 Å². The van der Waals surface area contributed by atoms with Gasteiger partial charge >= 0.3 is 6.03 Å². The van der Waals surface area contributed by atoms with Crippen LogP contribution in [0.5, 0.6) is 0 Å². The number of rotatable bonds is 5. The third kappa shape index (κ3) is 4.99. The van der Waals surface area contributed by atoms with Crippen LogP contribution in [0.2, 0.25) is 5.02 Å². The van der Waals surface area contributed by atoms with E-state index < -0.39 is 27.7 Å². The van der Waals surface area contributed by atoms with Crippen LogP contribution in [0.3, 0.4) is 0 Å². The number of nitrogens with zero attached hydrogens (tertiary/aromatic N) is 4. The van der Waals surface area contributed by atoms with Crippen LogP contribution in [0.4, 0.5) is 20.6 Å². The van der Waals surface area contributed by atoms with Gasteiger partial charge in [-0.15, -0.1) is 0 Å². The van der Waals surface area contributed by atoms with Gasteiger partial charge in [0.15, 0.2) is 10.5 Å². The molecule has 2 aromatic rings. The van der Waals surface area contributed by atoms with Crippen LogP contribution < -0.4 is 5.32 Å². The zero-order valence-corrected chi connectivity index (χ0v) is 19.1. The minimum Gasteiger partial charge on any atom is -0.306 e. The summed E-state index contributed by atoms with van der Waals surface area (Å²) in [7, 11) is 0. The van der Waals surface area contributed by atoms with E-state index in [0.29, 0.717) is 5.06 Å². The Balaban J connectivity index is 1.83. The van der Waals surface area contributed by atoms with Gasteiger partial charge in [0.25, 0.3) is 5.69 Å². The van der Waals surface area contributed by atoms with Gasteiger partial charge in [-0.05, 0) is 38.1 Å². The molecule has 13 heteroatoms. The van der Waals surface area contributed by atoms with E-state index in [1.807, 2.05) is 0 Å². The number of benzene rings is 2. The van der Waals surface area contributed by atoms with Crippen molar-refractivity contribution in [2.75, 3.05) is 5.32 Å². The average Bonchev–Trinajstić information content (AvgIpc) is 2.95. The Kier molecular flexibility index (Phi) is 6.98. The Morgan fingerprint density at radius 1 is 1.41 bits per heavy atom. The second-order valence-electron chi connectivity index (χ2n) is 7.15. The number of nitro groups is 1. The fraction of sp³-hybridized carbons (Fsp3) is 0.211. The number of anilines is 1. The molecule has 0 aromatic heterocycles. The maximum absolute atomic E-state index is 14.1. The molecule has 0 radical (unpaired) electrons. The van der Waals surface area contributed by atoms with Crippen LogP contribution in [0.15, 0.2) is 47.6 Å². The highest BCUT2D eigenvalue weighted by Gasteiger charge is 2.50. The van der Waals surface area contributed by atoms with Crippen LogP contribution in [0.25, 0.3) is 0 Å². The largest absolute Gasteiger partial charge is 0.347 e. The van der Waals surface area contributed by atoms with Crippen molar-refractivity contribution in [3.05, 3.63) is 69.0 Å². The lowest BCUT2D eigenvalue weighted by Gasteiger charge is -2.34. The van der Waals surface area contributed by atoms with E-state index >= 15 is 0 Å². The van der Waals surface area contributed by atoms with Crippen molar-refractivity contribution in [3.8, 4) is 0 Å². The number of thioether (sulfide) groups is 1. The number of hydroxylamine groups is 2. The first-order valence-electron chi connectivity index (χ1n) is 9.05. The number of hydrogen-bond acceptors (Lipinski definition) is 7. The van der Waals surface area contributed by atoms with Gasteiger partial charge in [-0.1, -0.05) is 41.6 Å². The summed E-state index contributed by atoms with van der Waals surface area (Å²) in [5, 5.41) is 29.9. The Bertz CT molecular complexity index is 1080. The number of urea groups is 1. The summed E-state index contributed by atoms with van der Waals surface area (Å²) in [5.74, 6) is -0.591. The smallest absolute Gasteiger partial charge is 0.306 e. The minimum atomic E-state index is -1.04. The summed E-state index contributed by atoms with van der Waals surface area (Å²) in [6.45, 7) is 3.51. The van der Waals surface area contributed by atoms with Crippen molar-refractivity contribution in [1.29, 1.82) is 0 Å². The number of carbonyl (C=O) groups is 1. The second-order valence-corrected chi connectivity index (χ2v) is 9.84. The minimum absolute atomic E-state index is 0.0326. The number of non-ortho nitro benzene ring substituents is 1. The van der Waals surface area contributed by atoms with Crippen LogP contribution in [0.1, 0.15) is 19.4 Å². The monoisotopic (exact) mass is 497 g/mol. The highest BCUT2D eigenvalue weighted by atomic mass is 35.5. The number of hydrogen-bond donors (Lipinski definition) is 2. The molecular formula is C19H17ClFN5O4S2. The Hall–Kier alpha value is -2.80. The first-order chi connectivity index (χ1) is 15.0. The van der Waals surface area contributed by atoms with Crippen molar-refractivity contribution in [1.82, 2.24) is 10.1 Å². The third-order valence-corrected chi connectivity index (χ3v) is 6.34. The predicted octanol–water partition coefficient (Wildman–Crippen LogP) is 5.08. The molecule has 2 N–H and O–H groups in total. The first kappa shape index (κ1) is 23.9. The molecule has 3 rings (SSSR count).